The van der Waals surface area contributed by atoms with Crippen LogP contribution in [0.3, 0.4) is 0 Å². The van der Waals surface area contributed by atoms with E-state index in [1.54, 1.807) is 18.5 Å². The van der Waals surface area contributed by atoms with Crippen LogP contribution in [0.2, 0.25) is 0 Å². The molecule has 0 aromatic carbocycles. The fraction of sp³-hybridized carbons (Fsp3) is 0. The first kappa shape index (κ1) is 5.96. The zero-order valence-corrected chi connectivity index (χ0v) is 5.60. The third-order valence-electron chi connectivity index (χ3n) is 1.27. The van der Waals surface area contributed by atoms with Crippen molar-refractivity contribution in [3.63, 3.8) is 0 Å². The molecule has 11 heavy (non-hydrogen) atoms. The number of hydrogen-bond donors (Lipinski definition) is 1. The molecule has 2 heterocycles. The van der Waals surface area contributed by atoms with E-state index in [4.69, 9.17) is 0 Å². The molecule has 0 saturated carbocycles. The molecule has 54 valence electrons. The summed E-state index contributed by atoms with van der Waals surface area (Å²) in [7, 11) is 0. The molecule has 0 atom stereocenters. The Morgan fingerprint density at radius 2 is 2.36 bits per heavy atom. The second kappa shape index (κ2) is 2.45. The van der Waals surface area contributed by atoms with Crippen molar-refractivity contribution in [3.8, 4) is 0 Å². The average Bonchev–Trinajstić information content (AvgIpc) is 2.28. The van der Waals surface area contributed by atoms with Crippen LogP contribution >= 0.6 is 0 Å². The maximum atomic E-state index is 3.84. The van der Waals surface area contributed by atoms with E-state index in [1.807, 2.05) is 6.08 Å². The summed E-state index contributed by atoms with van der Waals surface area (Å²) in [6.45, 7) is 0. The van der Waals surface area contributed by atoms with Crippen molar-refractivity contribution in [1.82, 2.24) is 15.4 Å². The lowest BCUT2D eigenvalue weighted by atomic mass is 10.3. The molecule has 1 aliphatic heterocycles. The minimum absolute atomic E-state index is 0.748. The topological polar surface area (TPSA) is 63.1 Å². The molecule has 0 saturated heterocycles. The summed E-state index contributed by atoms with van der Waals surface area (Å²) < 4.78 is 0. The summed E-state index contributed by atoms with van der Waals surface area (Å²) in [5, 5.41) is 14.7. The Labute approximate surface area is 62.8 Å². The fourth-order valence-electron chi connectivity index (χ4n) is 0.771. The van der Waals surface area contributed by atoms with Crippen molar-refractivity contribution >= 4 is 18.0 Å². The van der Waals surface area contributed by atoms with E-state index in [-0.39, 0.29) is 0 Å². The number of aromatic nitrogens is 3. The van der Waals surface area contributed by atoms with Crippen LogP contribution in [0, 0.1) is 0 Å². The second-order valence-electron chi connectivity index (χ2n) is 1.98. The van der Waals surface area contributed by atoms with Gasteiger partial charge in [0.15, 0.2) is 0 Å². The SMILES string of the molecule is C1=Cc2nnncc2NN=C1. The van der Waals surface area contributed by atoms with Crippen LogP contribution in [-0.2, 0) is 0 Å². The van der Waals surface area contributed by atoms with Crippen LogP contribution in [0.15, 0.2) is 17.4 Å². The molecule has 0 bridgehead atoms. The van der Waals surface area contributed by atoms with Gasteiger partial charge in [0.05, 0.1) is 6.20 Å². The highest BCUT2D eigenvalue weighted by Crippen LogP contribution is 2.12. The Kier molecular flexibility index (Phi) is 1.33. The van der Waals surface area contributed by atoms with E-state index in [2.05, 4.69) is 25.9 Å². The number of rotatable bonds is 0. The lowest BCUT2D eigenvalue weighted by Gasteiger charge is -1.97. The van der Waals surface area contributed by atoms with Gasteiger partial charge in [-0.3, -0.25) is 5.43 Å². The molecule has 1 aromatic rings. The van der Waals surface area contributed by atoms with Gasteiger partial charge in [-0.25, -0.2) is 0 Å². The molecule has 0 aliphatic carbocycles. The molecule has 5 heteroatoms. The van der Waals surface area contributed by atoms with Crippen molar-refractivity contribution in [2.45, 2.75) is 0 Å². The van der Waals surface area contributed by atoms with Crippen molar-refractivity contribution in [3.05, 3.63) is 18.0 Å². The van der Waals surface area contributed by atoms with Gasteiger partial charge < -0.3 is 0 Å². The van der Waals surface area contributed by atoms with Crippen molar-refractivity contribution < 1.29 is 0 Å². The van der Waals surface area contributed by atoms with Gasteiger partial charge >= 0.3 is 0 Å². The quantitative estimate of drug-likeness (QED) is 0.573. The van der Waals surface area contributed by atoms with Gasteiger partial charge in [0.25, 0.3) is 0 Å². The summed E-state index contributed by atoms with van der Waals surface area (Å²) in [5.74, 6) is 0. The maximum absolute atomic E-state index is 3.84. The fourth-order valence-corrected chi connectivity index (χ4v) is 0.771. The number of hydrogen-bond acceptors (Lipinski definition) is 5. The molecule has 0 unspecified atom stereocenters. The lowest BCUT2D eigenvalue weighted by molar-refractivity contribution is 0.858. The highest BCUT2D eigenvalue weighted by molar-refractivity contribution is 5.82. The molecule has 0 radical (unpaired) electrons. The number of nitrogens with one attached hydrogen (secondary N) is 1. The molecular formula is C6H5N5. The van der Waals surface area contributed by atoms with E-state index >= 15 is 0 Å². The molecule has 1 N–H and O–H groups in total. The van der Waals surface area contributed by atoms with Crippen molar-refractivity contribution in [1.29, 1.82) is 0 Å². The van der Waals surface area contributed by atoms with Crippen LogP contribution < -0.4 is 5.43 Å². The van der Waals surface area contributed by atoms with Crippen molar-refractivity contribution in [2.75, 3.05) is 5.43 Å². The van der Waals surface area contributed by atoms with Gasteiger partial charge in [0.1, 0.15) is 11.4 Å². The zero-order chi connectivity index (χ0) is 7.52. The summed E-state index contributed by atoms with van der Waals surface area (Å²) >= 11 is 0. The number of allylic oxidation sites excluding steroid dienone is 1. The van der Waals surface area contributed by atoms with Crippen molar-refractivity contribution in [2.24, 2.45) is 5.10 Å². The third kappa shape index (κ3) is 1.07. The monoisotopic (exact) mass is 147 g/mol. The number of hydrazone groups is 1. The van der Waals surface area contributed by atoms with E-state index in [1.165, 1.54) is 0 Å². The average molecular weight is 147 g/mol. The molecule has 1 aromatic heterocycles. The number of nitrogens with zero attached hydrogens (tertiary/aromatic N) is 4. The van der Waals surface area contributed by atoms with Crippen LogP contribution in [0.1, 0.15) is 5.69 Å². The van der Waals surface area contributed by atoms with E-state index in [0.717, 1.165) is 11.4 Å². The molecule has 0 amide bonds. The largest absolute Gasteiger partial charge is 0.275 e. The molecule has 0 spiro atoms. The third-order valence-corrected chi connectivity index (χ3v) is 1.27. The Hall–Kier alpha value is -1.78. The summed E-state index contributed by atoms with van der Waals surface area (Å²) in [5.41, 5.74) is 4.28. The minimum atomic E-state index is 0.748. The highest BCUT2D eigenvalue weighted by Gasteiger charge is 2.00. The maximum Gasteiger partial charge on any atom is 0.114 e. The Morgan fingerprint density at radius 3 is 3.36 bits per heavy atom. The summed E-state index contributed by atoms with van der Waals surface area (Å²) in [6, 6.07) is 0. The number of fused-ring (bicyclic) bond motifs is 1. The second-order valence-corrected chi connectivity index (χ2v) is 1.98. The van der Waals surface area contributed by atoms with Crippen LogP contribution in [0.5, 0.6) is 0 Å². The first-order valence-electron chi connectivity index (χ1n) is 3.11. The normalized spacial score (nSPS) is 13.5. The van der Waals surface area contributed by atoms with E-state index < -0.39 is 0 Å². The minimum Gasteiger partial charge on any atom is -0.275 e. The first-order chi connectivity index (χ1) is 5.47. The molecule has 2 rings (SSSR count). The molecule has 1 aliphatic rings. The zero-order valence-electron chi connectivity index (χ0n) is 5.60. The Bertz CT molecular complexity index is 317. The van der Waals surface area contributed by atoms with E-state index in [0.29, 0.717) is 0 Å². The van der Waals surface area contributed by atoms with E-state index in [9.17, 15) is 0 Å². The van der Waals surface area contributed by atoms with Gasteiger partial charge in [-0.2, -0.15) is 5.10 Å². The van der Waals surface area contributed by atoms with Gasteiger partial charge in [-0.15, -0.1) is 10.2 Å². The van der Waals surface area contributed by atoms with Gasteiger partial charge in [0, 0.05) is 6.21 Å². The Morgan fingerprint density at radius 1 is 1.36 bits per heavy atom. The molecular weight excluding hydrogens is 142 g/mol. The first-order valence-corrected chi connectivity index (χ1v) is 3.11. The highest BCUT2D eigenvalue weighted by atomic mass is 15.3. The number of anilines is 1. The predicted molar refractivity (Wildman–Crippen MR) is 41.0 cm³/mol. The molecule has 0 fully saturated rings. The van der Waals surface area contributed by atoms with Crippen LogP contribution in [0.25, 0.3) is 6.08 Å². The summed E-state index contributed by atoms with van der Waals surface area (Å²) in [4.78, 5) is 0. The lowest BCUT2D eigenvalue weighted by Crippen LogP contribution is -1.96. The van der Waals surface area contributed by atoms with Gasteiger partial charge in [-0.1, -0.05) is 0 Å². The molecule has 5 nitrogen and oxygen atoms in total. The smallest absolute Gasteiger partial charge is 0.114 e. The standard InChI is InChI=1S/C6H5N5/c1-2-5-6(9-7-3-1)4-8-11-10-5/h1-4,9H. The van der Waals surface area contributed by atoms with Crippen LogP contribution in [0.4, 0.5) is 5.69 Å². The van der Waals surface area contributed by atoms with Gasteiger partial charge in [-0.05, 0) is 17.4 Å². The predicted octanol–water partition coefficient (Wildman–Crippen LogP) is 0.296. The summed E-state index contributed by atoms with van der Waals surface area (Å²) in [6.07, 6.45) is 6.82. The van der Waals surface area contributed by atoms with Crippen LogP contribution in [-0.4, -0.2) is 21.6 Å². The Balaban J connectivity index is 2.52. The van der Waals surface area contributed by atoms with Gasteiger partial charge in [0.2, 0.25) is 0 Å².